The van der Waals surface area contributed by atoms with Crippen LogP contribution in [-0.4, -0.2) is 29.7 Å². The summed E-state index contributed by atoms with van der Waals surface area (Å²) >= 11 is 0. The fourth-order valence-electron chi connectivity index (χ4n) is 1.87. The molecule has 3 nitrogen and oxygen atoms in total. The third kappa shape index (κ3) is 6.21. The quantitative estimate of drug-likeness (QED) is 0.757. The van der Waals surface area contributed by atoms with Gasteiger partial charge in [-0.25, -0.2) is 0 Å². The molecule has 1 N–H and O–H groups in total. The van der Waals surface area contributed by atoms with E-state index in [-0.39, 0.29) is 0 Å². The summed E-state index contributed by atoms with van der Waals surface area (Å²) in [4.78, 5) is 0.855. The van der Waals surface area contributed by atoms with Gasteiger partial charge < -0.3 is 10.1 Å². The smallest absolute Gasteiger partial charge is 0.120 e. The lowest BCUT2D eigenvalue weighted by molar-refractivity contribution is 0.413. The van der Waals surface area contributed by atoms with Crippen molar-refractivity contribution in [2.45, 2.75) is 44.0 Å². The van der Waals surface area contributed by atoms with Crippen LogP contribution in [0.2, 0.25) is 0 Å². The van der Waals surface area contributed by atoms with Crippen molar-refractivity contribution in [1.29, 1.82) is 0 Å². The van der Waals surface area contributed by atoms with Crippen molar-refractivity contribution in [3.05, 3.63) is 24.3 Å². The molecule has 19 heavy (non-hydrogen) atoms. The van der Waals surface area contributed by atoms with Gasteiger partial charge >= 0.3 is 0 Å². The summed E-state index contributed by atoms with van der Waals surface area (Å²) in [6, 6.07) is 8.02. The van der Waals surface area contributed by atoms with E-state index < -0.39 is 10.8 Å². The van der Waals surface area contributed by atoms with Crippen molar-refractivity contribution in [3.8, 4) is 5.75 Å². The molecule has 0 amide bonds. The number of rotatable bonds is 9. The number of hydrogen-bond donors (Lipinski definition) is 1. The van der Waals surface area contributed by atoms with Gasteiger partial charge in [0.15, 0.2) is 0 Å². The molecule has 0 fully saturated rings. The van der Waals surface area contributed by atoms with Gasteiger partial charge in [-0.05, 0) is 50.9 Å². The van der Waals surface area contributed by atoms with Crippen molar-refractivity contribution < 1.29 is 8.95 Å². The van der Waals surface area contributed by atoms with E-state index in [1.54, 1.807) is 7.11 Å². The van der Waals surface area contributed by atoms with Gasteiger partial charge in [0.2, 0.25) is 0 Å². The van der Waals surface area contributed by atoms with Crippen molar-refractivity contribution in [3.63, 3.8) is 0 Å². The van der Waals surface area contributed by atoms with Crippen LogP contribution < -0.4 is 10.1 Å². The number of benzene rings is 1. The minimum absolute atomic E-state index is 0.502. The van der Waals surface area contributed by atoms with Crippen LogP contribution >= 0.6 is 0 Å². The Kier molecular flexibility index (Phi) is 7.75. The molecule has 2 atom stereocenters. The molecule has 0 heterocycles. The van der Waals surface area contributed by atoms with E-state index in [1.165, 1.54) is 0 Å². The molecule has 0 bridgehead atoms. The minimum Gasteiger partial charge on any atom is -0.497 e. The Morgan fingerprint density at radius 2 is 2.21 bits per heavy atom. The zero-order chi connectivity index (χ0) is 14.1. The highest BCUT2D eigenvalue weighted by Crippen LogP contribution is 2.16. The third-order valence-corrected chi connectivity index (χ3v) is 4.45. The van der Waals surface area contributed by atoms with Crippen LogP contribution in [-0.2, 0) is 10.8 Å². The normalized spacial score (nSPS) is 14.1. The maximum absolute atomic E-state index is 12.1. The number of methoxy groups -OCH3 is 1. The van der Waals surface area contributed by atoms with Gasteiger partial charge in [-0.2, -0.15) is 0 Å². The van der Waals surface area contributed by atoms with Crippen molar-refractivity contribution in [2.75, 3.05) is 19.4 Å². The lowest BCUT2D eigenvalue weighted by atomic mass is 10.2. The summed E-state index contributed by atoms with van der Waals surface area (Å²) in [5.74, 6) is 1.48. The number of ether oxygens (including phenoxy) is 1. The average Bonchev–Trinajstić information content (AvgIpc) is 2.45. The van der Waals surface area contributed by atoms with Gasteiger partial charge in [0.1, 0.15) is 5.75 Å². The molecule has 0 spiro atoms. The lowest BCUT2D eigenvalue weighted by Crippen LogP contribution is -2.26. The summed E-state index contributed by atoms with van der Waals surface area (Å²) < 4.78 is 17.3. The minimum atomic E-state index is -0.925. The fourth-order valence-corrected chi connectivity index (χ4v) is 3.02. The molecule has 0 aliphatic carbocycles. The molecule has 0 aliphatic rings. The monoisotopic (exact) mass is 283 g/mol. The van der Waals surface area contributed by atoms with Gasteiger partial charge in [0.05, 0.1) is 17.9 Å². The molecule has 2 unspecified atom stereocenters. The molecule has 0 radical (unpaired) electrons. The van der Waals surface area contributed by atoms with Gasteiger partial charge in [0.25, 0.3) is 0 Å². The summed E-state index contributed by atoms with van der Waals surface area (Å²) in [5.41, 5.74) is 0. The van der Waals surface area contributed by atoms with E-state index in [4.69, 9.17) is 4.74 Å². The molecule has 0 saturated carbocycles. The molecule has 108 valence electrons. The van der Waals surface area contributed by atoms with Crippen molar-refractivity contribution >= 4 is 10.8 Å². The first-order chi connectivity index (χ1) is 9.17. The first-order valence-electron chi connectivity index (χ1n) is 6.93. The van der Waals surface area contributed by atoms with E-state index >= 15 is 0 Å². The molecule has 1 aromatic rings. The number of nitrogens with one attached hydrogen (secondary N) is 1. The molecule has 4 heteroatoms. The second kappa shape index (κ2) is 9.10. The Labute approximate surface area is 119 Å². The highest BCUT2D eigenvalue weighted by molar-refractivity contribution is 7.85. The second-order valence-electron chi connectivity index (χ2n) is 4.73. The maximum Gasteiger partial charge on any atom is 0.120 e. The van der Waals surface area contributed by atoms with E-state index in [0.29, 0.717) is 11.8 Å². The zero-order valence-corrected chi connectivity index (χ0v) is 13.0. The zero-order valence-electron chi connectivity index (χ0n) is 12.1. The Hall–Kier alpha value is -0.870. The van der Waals surface area contributed by atoms with Crippen LogP contribution in [0.5, 0.6) is 5.75 Å². The van der Waals surface area contributed by atoms with Crippen LogP contribution in [0, 0.1) is 0 Å². The molecule has 0 aromatic heterocycles. The molecule has 1 rings (SSSR count). The fraction of sp³-hybridized carbons (Fsp3) is 0.600. The van der Waals surface area contributed by atoms with Crippen molar-refractivity contribution in [2.24, 2.45) is 0 Å². The summed E-state index contributed by atoms with van der Waals surface area (Å²) in [7, 11) is 0.703. The average molecular weight is 283 g/mol. The lowest BCUT2D eigenvalue weighted by Gasteiger charge is -2.12. The number of hydrogen-bond acceptors (Lipinski definition) is 3. The molecular formula is C15H25NO2S. The van der Waals surface area contributed by atoms with E-state index in [1.807, 2.05) is 24.3 Å². The van der Waals surface area contributed by atoms with Gasteiger partial charge in [-0.1, -0.05) is 13.0 Å². The highest BCUT2D eigenvalue weighted by atomic mass is 32.2. The van der Waals surface area contributed by atoms with Crippen LogP contribution in [0.15, 0.2) is 29.2 Å². The van der Waals surface area contributed by atoms with Crippen LogP contribution in [0.4, 0.5) is 0 Å². The molecular weight excluding hydrogens is 258 g/mol. The van der Waals surface area contributed by atoms with Crippen LogP contribution in [0.1, 0.15) is 33.1 Å². The molecule has 0 aliphatic heterocycles. The Bertz CT molecular complexity index is 395. The topological polar surface area (TPSA) is 38.3 Å². The third-order valence-electron chi connectivity index (χ3n) is 3.01. The second-order valence-corrected chi connectivity index (χ2v) is 6.30. The Balaban J connectivity index is 2.34. The van der Waals surface area contributed by atoms with E-state index in [9.17, 15) is 4.21 Å². The SMILES string of the molecule is CCCNC(C)CCCS(=O)c1cccc(OC)c1. The summed E-state index contributed by atoms with van der Waals surface area (Å²) in [5, 5.41) is 3.45. The van der Waals surface area contributed by atoms with Gasteiger partial charge in [0, 0.05) is 16.7 Å². The van der Waals surface area contributed by atoms with Gasteiger partial charge in [-0.15, -0.1) is 0 Å². The van der Waals surface area contributed by atoms with Crippen LogP contribution in [0.3, 0.4) is 0 Å². The van der Waals surface area contributed by atoms with Gasteiger partial charge in [-0.3, -0.25) is 4.21 Å². The maximum atomic E-state index is 12.1. The largest absolute Gasteiger partial charge is 0.497 e. The Morgan fingerprint density at radius 3 is 2.89 bits per heavy atom. The first kappa shape index (κ1) is 16.2. The summed E-state index contributed by atoms with van der Waals surface area (Å²) in [6.07, 6.45) is 3.19. The van der Waals surface area contributed by atoms with Crippen LogP contribution in [0.25, 0.3) is 0 Å². The van der Waals surface area contributed by atoms with Crippen molar-refractivity contribution in [1.82, 2.24) is 5.32 Å². The highest BCUT2D eigenvalue weighted by Gasteiger charge is 2.06. The predicted octanol–water partition coefficient (Wildman–Crippen LogP) is 2.97. The summed E-state index contributed by atoms with van der Waals surface area (Å²) in [6.45, 7) is 5.40. The predicted molar refractivity (Wildman–Crippen MR) is 81.3 cm³/mol. The standard InChI is InChI=1S/C15H25NO2S/c1-4-10-16-13(2)7-6-11-19(17)15-9-5-8-14(12-15)18-3/h5,8-9,12-13,16H,4,6-7,10-11H2,1-3H3. The first-order valence-corrected chi connectivity index (χ1v) is 8.25. The van der Waals surface area contributed by atoms with E-state index in [0.717, 1.165) is 36.5 Å². The van der Waals surface area contributed by atoms with E-state index in [2.05, 4.69) is 19.2 Å². The Morgan fingerprint density at radius 1 is 1.42 bits per heavy atom. The molecule has 1 aromatic carbocycles. The molecule has 0 saturated heterocycles.